The lowest BCUT2D eigenvalue weighted by molar-refractivity contribution is 1.12. The number of aliphatic imine (C=N–C) groups is 1. The molecule has 0 aromatic heterocycles. The predicted molar refractivity (Wildman–Crippen MR) is 48.2 cm³/mol. The molecule has 0 rings (SSSR count). The van der Waals surface area contributed by atoms with Crippen LogP contribution in [0.2, 0.25) is 0 Å². The largest absolute Gasteiger partial charge is 0.370 e. The number of nitrogens with one attached hydrogen (secondary N) is 1. The lowest BCUT2D eigenvalue weighted by Crippen LogP contribution is -2.27. The number of hydrogen-bond donors (Lipinski definition) is 3. The molecule has 0 fully saturated rings. The summed E-state index contributed by atoms with van der Waals surface area (Å²) in [6, 6.07) is 0. The van der Waals surface area contributed by atoms with E-state index in [1.807, 2.05) is 0 Å². The van der Waals surface area contributed by atoms with Crippen LogP contribution in [0.3, 0.4) is 0 Å². The van der Waals surface area contributed by atoms with Crippen LogP contribution in [0.4, 0.5) is 0 Å². The van der Waals surface area contributed by atoms with Gasteiger partial charge in [0, 0.05) is 30.9 Å². The molecule has 5 N–H and O–H groups in total. The third kappa shape index (κ3) is 26.4. The van der Waals surface area contributed by atoms with Crippen LogP contribution in [-0.2, 0) is 0 Å². The summed E-state index contributed by atoms with van der Waals surface area (Å²) in [6.45, 7) is 0. The van der Waals surface area contributed by atoms with E-state index in [9.17, 15) is 0 Å². The van der Waals surface area contributed by atoms with Crippen molar-refractivity contribution < 1.29 is 0 Å². The van der Waals surface area contributed by atoms with Gasteiger partial charge in [-0.1, -0.05) is 0 Å². The summed E-state index contributed by atoms with van der Waals surface area (Å²) in [4.78, 5) is 3.59. The van der Waals surface area contributed by atoms with Gasteiger partial charge in [-0.05, 0) is 7.05 Å². The fourth-order valence-corrected chi connectivity index (χ4v) is 0.112. The van der Waals surface area contributed by atoms with E-state index in [0.29, 0.717) is 5.96 Å². The minimum Gasteiger partial charge on any atom is -0.370 e. The normalized spacial score (nSPS) is 7.40. The Morgan fingerprint density at radius 3 is 1.60 bits per heavy atom. The van der Waals surface area contributed by atoms with Crippen molar-refractivity contribution in [1.29, 1.82) is 0 Å². The Morgan fingerprint density at radius 1 is 1.30 bits per heavy atom. The van der Waals surface area contributed by atoms with Crippen LogP contribution in [0.25, 0.3) is 0 Å². The molecular weight excluding hydrogens is 126 g/mol. The summed E-state index contributed by atoms with van der Waals surface area (Å²) < 4.78 is 0. The Labute approximate surface area is 66.6 Å². The Balaban J connectivity index is -0.0000000412. The predicted octanol–water partition coefficient (Wildman–Crippen LogP) is -2.04. The lowest BCUT2D eigenvalue weighted by Gasteiger charge is -1.90. The SMILES string of the molecule is CN.CN=C(N)NC.[B].[B]. The molecule has 10 heavy (non-hydrogen) atoms. The number of nitrogens with two attached hydrogens (primary N) is 2. The van der Waals surface area contributed by atoms with Crippen LogP contribution in [0.5, 0.6) is 0 Å². The minimum atomic E-state index is 0. The maximum atomic E-state index is 5.11. The number of nitrogens with zero attached hydrogens (tertiary/aromatic N) is 1. The van der Waals surface area contributed by atoms with Gasteiger partial charge in [-0.3, -0.25) is 4.99 Å². The zero-order chi connectivity index (χ0) is 6.99. The van der Waals surface area contributed by atoms with Crippen molar-refractivity contribution >= 4 is 22.8 Å². The molecule has 0 unspecified atom stereocenters. The van der Waals surface area contributed by atoms with E-state index in [1.165, 1.54) is 7.05 Å². The van der Waals surface area contributed by atoms with E-state index >= 15 is 0 Å². The van der Waals surface area contributed by atoms with Crippen molar-refractivity contribution in [3.05, 3.63) is 0 Å². The Kier molecular flexibility index (Phi) is 54.2. The van der Waals surface area contributed by atoms with Crippen LogP contribution in [-0.4, -0.2) is 43.9 Å². The molecule has 4 nitrogen and oxygen atoms in total. The van der Waals surface area contributed by atoms with Gasteiger partial charge in [0.2, 0.25) is 0 Å². The topological polar surface area (TPSA) is 76.4 Å². The van der Waals surface area contributed by atoms with Gasteiger partial charge in [0.25, 0.3) is 0 Å². The summed E-state index contributed by atoms with van der Waals surface area (Å²) in [5.74, 6) is 0.468. The lowest BCUT2D eigenvalue weighted by atomic mass is 10.8. The molecule has 0 aliphatic carbocycles. The van der Waals surface area contributed by atoms with E-state index in [-0.39, 0.29) is 16.8 Å². The first-order valence-electron chi connectivity index (χ1n) is 2.29. The molecule has 56 valence electrons. The molecule has 0 aliphatic rings. The fourth-order valence-electron chi connectivity index (χ4n) is 0.112. The van der Waals surface area contributed by atoms with Gasteiger partial charge in [0.05, 0.1) is 0 Å². The van der Waals surface area contributed by atoms with E-state index in [4.69, 9.17) is 5.73 Å². The second-order valence-corrected chi connectivity index (χ2v) is 0.859. The third-order valence-corrected chi connectivity index (χ3v) is 0.497. The van der Waals surface area contributed by atoms with E-state index in [2.05, 4.69) is 16.0 Å². The maximum Gasteiger partial charge on any atom is 0.188 e. The monoisotopic (exact) mass is 140 g/mol. The average Bonchev–Trinajstić information content (AvgIpc) is 1.91. The van der Waals surface area contributed by atoms with Crippen molar-refractivity contribution in [2.45, 2.75) is 0 Å². The second-order valence-electron chi connectivity index (χ2n) is 0.859. The smallest absolute Gasteiger partial charge is 0.188 e. The van der Waals surface area contributed by atoms with Gasteiger partial charge in [-0.2, -0.15) is 0 Å². The summed E-state index contributed by atoms with van der Waals surface area (Å²) in [5, 5.41) is 2.64. The molecular formula is C4H14B2N4. The zero-order valence-corrected chi connectivity index (χ0v) is 6.76. The van der Waals surface area contributed by atoms with Gasteiger partial charge in [0.1, 0.15) is 0 Å². The molecule has 0 amide bonds. The van der Waals surface area contributed by atoms with Crippen LogP contribution < -0.4 is 16.8 Å². The highest BCUT2D eigenvalue weighted by atomic mass is 15.1. The standard InChI is InChI=1S/C3H9N3.CH5N.2B/c1-5-3(4)6-2;1-2;;/h1-2H3,(H3,4,5,6);2H2,1H3;;. The average molecular weight is 140 g/mol. The number of rotatable bonds is 0. The van der Waals surface area contributed by atoms with Gasteiger partial charge >= 0.3 is 0 Å². The van der Waals surface area contributed by atoms with Gasteiger partial charge < -0.3 is 16.8 Å². The summed E-state index contributed by atoms with van der Waals surface area (Å²) in [6.07, 6.45) is 0. The zero-order valence-electron chi connectivity index (χ0n) is 6.76. The second kappa shape index (κ2) is 23.8. The van der Waals surface area contributed by atoms with E-state index in [0.717, 1.165) is 0 Å². The molecule has 6 heteroatoms. The molecule has 0 heterocycles. The van der Waals surface area contributed by atoms with Crippen molar-refractivity contribution in [1.82, 2.24) is 5.32 Å². The molecule has 0 aromatic carbocycles. The first-order valence-corrected chi connectivity index (χ1v) is 2.29. The molecule has 0 saturated carbocycles. The number of guanidine groups is 1. The van der Waals surface area contributed by atoms with E-state index < -0.39 is 0 Å². The van der Waals surface area contributed by atoms with Crippen molar-refractivity contribution in [3.8, 4) is 0 Å². The molecule has 0 bridgehead atoms. The van der Waals surface area contributed by atoms with Crippen LogP contribution >= 0.6 is 0 Å². The summed E-state index contributed by atoms with van der Waals surface area (Å²) >= 11 is 0. The Morgan fingerprint density at radius 2 is 1.60 bits per heavy atom. The number of hydrogen-bond acceptors (Lipinski definition) is 2. The highest BCUT2D eigenvalue weighted by Crippen LogP contribution is 1.48. The summed E-state index contributed by atoms with van der Waals surface area (Å²) in [5.41, 5.74) is 9.61. The molecule has 0 atom stereocenters. The first kappa shape index (κ1) is 22.8. The summed E-state index contributed by atoms with van der Waals surface area (Å²) in [7, 11) is 4.86. The Bertz CT molecular complexity index is 66.3. The third-order valence-electron chi connectivity index (χ3n) is 0.497. The van der Waals surface area contributed by atoms with Crippen LogP contribution in [0.1, 0.15) is 0 Å². The molecule has 0 spiro atoms. The highest BCUT2D eigenvalue weighted by molar-refractivity contribution is 5.77. The molecule has 0 aromatic rings. The van der Waals surface area contributed by atoms with Crippen LogP contribution in [0.15, 0.2) is 4.99 Å². The quantitative estimate of drug-likeness (QED) is 0.206. The minimum absolute atomic E-state index is 0. The van der Waals surface area contributed by atoms with Crippen LogP contribution in [0, 0.1) is 0 Å². The van der Waals surface area contributed by atoms with Gasteiger partial charge in [-0.25, -0.2) is 0 Å². The fraction of sp³-hybridized carbons (Fsp3) is 0.750. The maximum absolute atomic E-state index is 5.11. The van der Waals surface area contributed by atoms with Gasteiger partial charge in [0.15, 0.2) is 5.96 Å². The molecule has 0 aliphatic heterocycles. The molecule has 6 radical (unpaired) electrons. The van der Waals surface area contributed by atoms with Crippen molar-refractivity contribution in [2.24, 2.45) is 16.5 Å². The van der Waals surface area contributed by atoms with E-state index in [1.54, 1.807) is 14.1 Å². The van der Waals surface area contributed by atoms with Crippen molar-refractivity contribution in [3.63, 3.8) is 0 Å². The van der Waals surface area contributed by atoms with Crippen molar-refractivity contribution in [2.75, 3.05) is 21.1 Å². The highest BCUT2D eigenvalue weighted by Gasteiger charge is 1.71. The first-order chi connectivity index (χ1) is 3.81. The Hall–Kier alpha value is -0.640. The van der Waals surface area contributed by atoms with Gasteiger partial charge in [-0.15, -0.1) is 0 Å². The molecule has 0 saturated heterocycles.